The molecule has 5 nitrogen and oxygen atoms in total. The highest BCUT2D eigenvalue weighted by Crippen LogP contribution is 2.22. The summed E-state index contributed by atoms with van der Waals surface area (Å²) >= 11 is 7.41. The fourth-order valence-corrected chi connectivity index (χ4v) is 3.66. The summed E-state index contributed by atoms with van der Waals surface area (Å²) in [6.07, 6.45) is 0.914. The summed E-state index contributed by atoms with van der Waals surface area (Å²) in [6, 6.07) is 3.80. The van der Waals surface area contributed by atoms with E-state index in [0.717, 1.165) is 35.3 Å². The lowest BCUT2D eigenvalue weighted by molar-refractivity contribution is -0.131. The lowest BCUT2D eigenvalue weighted by Crippen LogP contribution is -2.40. The fraction of sp³-hybridized carbons (Fsp3) is 0.600. The average Bonchev–Trinajstić information content (AvgIpc) is 2.73. The lowest BCUT2D eigenvalue weighted by Gasteiger charge is -2.23. The molecule has 0 aliphatic carbocycles. The Hall–Kier alpha value is -1.11. The van der Waals surface area contributed by atoms with Gasteiger partial charge in [-0.3, -0.25) is 14.5 Å². The molecule has 1 saturated heterocycles. The van der Waals surface area contributed by atoms with Crippen molar-refractivity contribution in [2.24, 2.45) is 0 Å². The van der Waals surface area contributed by atoms with Crippen molar-refractivity contribution in [1.82, 2.24) is 14.7 Å². The molecule has 0 bridgehead atoms. The van der Waals surface area contributed by atoms with E-state index < -0.39 is 0 Å². The minimum Gasteiger partial charge on any atom is -0.342 e. The molecule has 2 rings (SSSR count). The van der Waals surface area contributed by atoms with E-state index in [1.165, 1.54) is 11.3 Å². The zero-order chi connectivity index (χ0) is 16.1. The molecule has 0 atom stereocenters. The van der Waals surface area contributed by atoms with Gasteiger partial charge in [-0.05, 0) is 18.6 Å². The molecule has 2 heterocycles. The monoisotopic (exact) mass is 343 g/mol. The number of hydrogen-bond acceptors (Lipinski definition) is 4. The van der Waals surface area contributed by atoms with Gasteiger partial charge in [-0.15, -0.1) is 11.3 Å². The van der Waals surface area contributed by atoms with Crippen LogP contribution in [0.25, 0.3) is 0 Å². The van der Waals surface area contributed by atoms with Gasteiger partial charge in [-0.2, -0.15) is 0 Å². The van der Waals surface area contributed by atoms with E-state index in [2.05, 4.69) is 4.90 Å². The largest absolute Gasteiger partial charge is 0.342 e. The van der Waals surface area contributed by atoms with Crippen molar-refractivity contribution in [1.29, 1.82) is 0 Å². The minimum absolute atomic E-state index is 0.0980. The van der Waals surface area contributed by atoms with Gasteiger partial charge < -0.3 is 9.80 Å². The molecule has 1 fully saturated rings. The van der Waals surface area contributed by atoms with Crippen LogP contribution in [0, 0.1) is 0 Å². The van der Waals surface area contributed by atoms with Crippen LogP contribution in [0.5, 0.6) is 0 Å². The van der Waals surface area contributed by atoms with Gasteiger partial charge in [-0.1, -0.05) is 11.6 Å². The van der Waals surface area contributed by atoms with Crippen LogP contribution in [0.2, 0.25) is 4.34 Å². The van der Waals surface area contributed by atoms with Gasteiger partial charge in [0.05, 0.1) is 17.4 Å². The van der Waals surface area contributed by atoms with E-state index in [9.17, 15) is 9.59 Å². The van der Waals surface area contributed by atoms with E-state index in [0.29, 0.717) is 19.6 Å². The smallest absolute Gasteiger partial charge is 0.236 e. The zero-order valence-corrected chi connectivity index (χ0v) is 14.6. The molecule has 7 heteroatoms. The highest BCUT2D eigenvalue weighted by Gasteiger charge is 2.20. The van der Waals surface area contributed by atoms with Crippen molar-refractivity contribution in [3.63, 3.8) is 0 Å². The van der Waals surface area contributed by atoms with Gasteiger partial charge in [-0.25, -0.2) is 0 Å². The summed E-state index contributed by atoms with van der Waals surface area (Å²) in [5.41, 5.74) is 0. The van der Waals surface area contributed by atoms with Crippen LogP contribution in [-0.2, 0) is 16.1 Å². The summed E-state index contributed by atoms with van der Waals surface area (Å²) in [7, 11) is 1.82. The number of carbonyl (C=O) groups excluding carboxylic acids is 2. The molecule has 0 spiro atoms. The Labute approximate surface area is 140 Å². The first kappa shape index (κ1) is 17.2. The second kappa shape index (κ2) is 7.94. The molecule has 22 heavy (non-hydrogen) atoms. The van der Waals surface area contributed by atoms with E-state index in [1.54, 1.807) is 11.8 Å². The molecule has 1 aromatic heterocycles. The Balaban J connectivity index is 1.82. The molecule has 0 saturated carbocycles. The second-order valence-corrected chi connectivity index (χ2v) is 7.39. The molecule has 0 N–H and O–H groups in total. The predicted octanol–water partition coefficient (Wildman–Crippen LogP) is 1.91. The van der Waals surface area contributed by atoms with E-state index >= 15 is 0 Å². The number of amides is 2. The van der Waals surface area contributed by atoms with E-state index in [4.69, 9.17) is 11.6 Å². The van der Waals surface area contributed by atoms with Gasteiger partial charge in [0.15, 0.2) is 0 Å². The van der Waals surface area contributed by atoms with Crippen LogP contribution in [0.3, 0.4) is 0 Å². The minimum atomic E-state index is 0.0980. The number of thiophene rings is 1. The van der Waals surface area contributed by atoms with Crippen molar-refractivity contribution < 1.29 is 9.59 Å². The predicted molar refractivity (Wildman–Crippen MR) is 89.1 cm³/mol. The Morgan fingerprint density at radius 3 is 2.68 bits per heavy atom. The molecule has 2 amide bonds. The third-order valence-corrected chi connectivity index (χ3v) is 5.06. The summed E-state index contributed by atoms with van der Waals surface area (Å²) in [6.45, 7) is 5.68. The fourth-order valence-electron chi connectivity index (χ4n) is 2.51. The maximum Gasteiger partial charge on any atom is 0.236 e. The molecule has 0 radical (unpaired) electrons. The second-order valence-electron chi connectivity index (χ2n) is 5.59. The maximum atomic E-state index is 12.3. The Bertz CT molecular complexity index is 535. The van der Waals surface area contributed by atoms with Crippen LogP contribution >= 0.6 is 22.9 Å². The first-order valence-corrected chi connectivity index (χ1v) is 8.61. The standard InChI is InChI=1S/C15H22ClN3O2S/c1-12(20)19-7-3-6-18(8-9-19)11-15(21)17(2)10-13-4-5-14(16)22-13/h4-5H,3,6-11H2,1-2H3. The number of halogens is 1. The van der Waals surface area contributed by atoms with Gasteiger partial charge in [0, 0.05) is 45.0 Å². The van der Waals surface area contributed by atoms with E-state index in [-0.39, 0.29) is 11.8 Å². The average molecular weight is 344 g/mol. The van der Waals surface area contributed by atoms with Crippen LogP contribution < -0.4 is 0 Å². The summed E-state index contributed by atoms with van der Waals surface area (Å²) < 4.78 is 0.743. The summed E-state index contributed by atoms with van der Waals surface area (Å²) in [5, 5.41) is 0. The van der Waals surface area contributed by atoms with Gasteiger partial charge in [0.2, 0.25) is 11.8 Å². The van der Waals surface area contributed by atoms with Gasteiger partial charge in [0.1, 0.15) is 0 Å². The Morgan fingerprint density at radius 2 is 2.05 bits per heavy atom. The topological polar surface area (TPSA) is 43.9 Å². The van der Waals surface area contributed by atoms with Gasteiger partial charge >= 0.3 is 0 Å². The molecule has 1 aromatic rings. The molecule has 0 aromatic carbocycles. The summed E-state index contributed by atoms with van der Waals surface area (Å²) in [5.74, 6) is 0.209. The molecule has 122 valence electrons. The molecular formula is C15H22ClN3O2S. The van der Waals surface area contributed by atoms with Crippen molar-refractivity contribution >= 4 is 34.8 Å². The SMILES string of the molecule is CC(=O)N1CCCN(CC(=O)N(C)Cc2ccc(Cl)s2)CC1. The highest BCUT2D eigenvalue weighted by molar-refractivity contribution is 7.16. The van der Waals surface area contributed by atoms with Crippen LogP contribution in [0.4, 0.5) is 0 Å². The quantitative estimate of drug-likeness (QED) is 0.839. The first-order valence-electron chi connectivity index (χ1n) is 7.42. The molecule has 0 unspecified atom stereocenters. The van der Waals surface area contributed by atoms with Gasteiger partial charge in [0.25, 0.3) is 0 Å². The number of rotatable bonds is 4. The van der Waals surface area contributed by atoms with Crippen molar-refractivity contribution in [2.75, 3.05) is 39.8 Å². The number of hydrogen-bond donors (Lipinski definition) is 0. The van der Waals surface area contributed by atoms with Crippen LogP contribution in [0.15, 0.2) is 12.1 Å². The van der Waals surface area contributed by atoms with Crippen LogP contribution in [0.1, 0.15) is 18.2 Å². The lowest BCUT2D eigenvalue weighted by atomic mass is 10.3. The third kappa shape index (κ3) is 4.97. The normalized spacial score (nSPS) is 16.4. The third-order valence-electron chi connectivity index (χ3n) is 3.84. The van der Waals surface area contributed by atoms with Crippen molar-refractivity contribution in [3.8, 4) is 0 Å². The summed E-state index contributed by atoms with van der Waals surface area (Å²) in [4.78, 5) is 30.5. The molecule has 1 aliphatic rings. The van der Waals surface area contributed by atoms with Crippen molar-refractivity contribution in [3.05, 3.63) is 21.3 Å². The number of likely N-dealkylation sites (N-methyl/N-ethyl adjacent to an activating group) is 1. The highest BCUT2D eigenvalue weighted by atomic mass is 35.5. The van der Waals surface area contributed by atoms with E-state index in [1.807, 2.05) is 24.1 Å². The molecular weight excluding hydrogens is 322 g/mol. The van der Waals surface area contributed by atoms with Crippen molar-refractivity contribution in [2.45, 2.75) is 19.9 Å². The molecule has 1 aliphatic heterocycles. The number of carbonyl (C=O) groups is 2. The first-order chi connectivity index (χ1) is 10.5. The van der Waals surface area contributed by atoms with Crippen LogP contribution in [-0.4, -0.2) is 66.3 Å². The Morgan fingerprint density at radius 1 is 1.27 bits per heavy atom. The maximum absolute atomic E-state index is 12.3. The number of nitrogens with zero attached hydrogens (tertiary/aromatic N) is 3. The Kier molecular flexibility index (Phi) is 6.23. The zero-order valence-electron chi connectivity index (χ0n) is 13.0.